The number of aliphatic carboxylic acids is 1. The molecule has 2 saturated heterocycles. The molecule has 1 saturated carbocycles. The highest BCUT2D eigenvalue weighted by atomic mass is 32.1. The molecule has 0 spiro atoms. The average Bonchev–Trinajstić information content (AvgIpc) is 3.03. The van der Waals surface area contributed by atoms with Crippen molar-refractivity contribution in [2.24, 2.45) is 17.8 Å². The Labute approximate surface area is 147 Å². The Morgan fingerprint density at radius 1 is 1.24 bits per heavy atom. The number of rotatable bonds is 3. The van der Waals surface area contributed by atoms with Crippen LogP contribution in [0.3, 0.4) is 0 Å². The van der Waals surface area contributed by atoms with Gasteiger partial charge in [-0.25, -0.2) is 4.79 Å². The van der Waals surface area contributed by atoms with Gasteiger partial charge in [0.05, 0.1) is 0 Å². The molecule has 140 valence electrons. The van der Waals surface area contributed by atoms with Crippen LogP contribution in [-0.2, 0) is 4.79 Å². The van der Waals surface area contributed by atoms with Gasteiger partial charge in [0.1, 0.15) is 5.51 Å². The lowest BCUT2D eigenvalue weighted by atomic mass is 9.88. The quantitative estimate of drug-likeness (QED) is 0.871. The summed E-state index contributed by atoms with van der Waals surface area (Å²) in [5.41, 5.74) is 1.84. The fourth-order valence-electron chi connectivity index (χ4n) is 3.54. The van der Waals surface area contributed by atoms with Gasteiger partial charge in [-0.2, -0.15) is 13.2 Å². The molecule has 1 aromatic heterocycles. The molecule has 3 heterocycles. The van der Waals surface area contributed by atoms with E-state index >= 15 is 0 Å². The van der Waals surface area contributed by atoms with Crippen LogP contribution in [0.2, 0.25) is 0 Å². The minimum Gasteiger partial charge on any atom is -0.475 e. The number of likely N-dealkylation sites (tertiary alicyclic amines) is 1. The third-order valence-electron chi connectivity index (χ3n) is 4.96. The van der Waals surface area contributed by atoms with Gasteiger partial charge in [-0.3, -0.25) is 0 Å². The van der Waals surface area contributed by atoms with E-state index in [1.165, 1.54) is 52.0 Å². The van der Waals surface area contributed by atoms with Crippen LogP contribution in [0.4, 0.5) is 18.3 Å². The molecule has 1 aromatic rings. The Hall–Kier alpha value is -1.42. The van der Waals surface area contributed by atoms with Crippen molar-refractivity contribution in [3.8, 4) is 0 Å². The number of alkyl halides is 3. The first-order valence-corrected chi connectivity index (χ1v) is 9.24. The Morgan fingerprint density at radius 3 is 2.48 bits per heavy atom. The van der Waals surface area contributed by atoms with E-state index in [-0.39, 0.29) is 0 Å². The monoisotopic (exact) mass is 378 g/mol. The topological polar surface area (TPSA) is 69.6 Å². The maximum absolute atomic E-state index is 10.6. The molecule has 0 bridgehead atoms. The van der Waals surface area contributed by atoms with Crippen molar-refractivity contribution in [2.45, 2.75) is 25.4 Å². The van der Waals surface area contributed by atoms with Crippen molar-refractivity contribution in [3.05, 3.63) is 5.51 Å². The molecule has 2 atom stereocenters. The number of aromatic nitrogens is 2. The maximum atomic E-state index is 10.6. The molecule has 3 aliphatic rings. The fraction of sp³-hybridized carbons (Fsp3) is 0.800. The summed E-state index contributed by atoms with van der Waals surface area (Å²) in [4.78, 5) is 14.1. The number of fused-ring (bicyclic) bond motifs is 1. The number of carboxylic acid groups (broad SMARTS) is 1. The van der Waals surface area contributed by atoms with Crippen LogP contribution >= 0.6 is 11.3 Å². The predicted molar refractivity (Wildman–Crippen MR) is 86.6 cm³/mol. The van der Waals surface area contributed by atoms with Crippen LogP contribution in [0.15, 0.2) is 5.51 Å². The molecule has 25 heavy (non-hydrogen) atoms. The van der Waals surface area contributed by atoms with E-state index in [1.807, 2.05) is 5.51 Å². The summed E-state index contributed by atoms with van der Waals surface area (Å²) in [5, 5.41) is 16.4. The summed E-state index contributed by atoms with van der Waals surface area (Å²) in [6.45, 7) is 6.40. The number of piperidine rings is 1. The van der Waals surface area contributed by atoms with Crippen LogP contribution in [0.1, 0.15) is 19.3 Å². The van der Waals surface area contributed by atoms with Crippen molar-refractivity contribution in [1.82, 2.24) is 15.1 Å². The molecule has 10 heteroatoms. The lowest BCUT2D eigenvalue weighted by Crippen LogP contribution is -2.40. The van der Waals surface area contributed by atoms with Gasteiger partial charge in [0, 0.05) is 26.2 Å². The van der Waals surface area contributed by atoms with Crippen LogP contribution in [0.5, 0.6) is 0 Å². The highest BCUT2D eigenvalue weighted by molar-refractivity contribution is 7.13. The molecule has 1 N–H and O–H groups in total. The van der Waals surface area contributed by atoms with Gasteiger partial charge >= 0.3 is 12.1 Å². The molecule has 4 rings (SSSR count). The number of nitrogens with zero attached hydrogens (tertiary/aromatic N) is 4. The zero-order valence-electron chi connectivity index (χ0n) is 13.7. The highest BCUT2D eigenvalue weighted by Crippen LogP contribution is 2.36. The minimum absolute atomic E-state index is 0.862. The third kappa shape index (κ3) is 5.04. The Balaban J connectivity index is 0.000000225. The fourth-order valence-corrected chi connectivity index (χ4v) is 4.12. The standard InChI is InChI=1S/C13H20N4S.C2HF3O2/c1-2-10(1)5-16-4-3-11-7-17(8-12(11)6-16)13-15-14-9-18-13;3-2(4,5)1(6)7/h9-12H,1-8H2;(H,6,7)/t11-,12+;/m1./s1. The van der Waals surface area contributed by atoms with Crippen LogP contribution < -0.4 is 4.90 Å². The van der Waals surface area contributed by atoms with Gasteiger partial charge in [-0.05, 0) is 43.6 Å². The van der Waals surface area contributed by atoms with E-state index in [0.717, 1.165) is 22.9 Å². The maximum Gasteiger partial charge on any atom is 0.490 e. The average molecular weight is 378 g/mol. The molecular formula is C15H21F3N4O2S. The highest BCUT2D eigenvalue weighted by Gasteiger charge is 2.39. The van der Waals surface area contributed by atoms with Crippen molar-refractivity contribution in [3.63, 3.8) is 0 Å². The van der Waals surface area contributed by atoms with E-state index in [4.69, 9.17) is 9.90 Å². The number of carbonyl (C=O) groups is 1. The van der Waals surface area contributed by atoms with Crippen molar-refractivity contribution >= 4 is 22.4 Å². The van der Waals surface area contributed by atoms with Crippen molar-refractivity contribution in [1.29, 1.82) is 0 Å². The first-order chi connectivity index (χ1) is 11.8. The lowest BCUT2D eigenvalue weighted by Gasteiger charge is -2.34. The van der Waals surface area contributed by atoms with Gasteiger partial charge in [0.25, 0.3) is 0 Å². The van der Waals surface area contributed by atoms with Crippen LogP contribution in [0, 0.1) is 17.8 Å². The van der Waals surface area contributed by atoms with E-state index in [0.29, 0.717) is 0 Å². The molecule has 0 amide bonds. The SMILES string of the molecule is O=C(O)C(F)(F)F.c1nnc(N2C[C@H]3CCN(CC4CC4)C[C@H]3C2)s1. The summed E-state index contributed by atoms with van der Waals surface area (Å²) < 4.78 is 31.7. The molecule has 6 nitrogen and oxygen atoms in total. The van der Waals surface area contributed by atoms with Gasteiger partial charge in [-0.1, -0.05) is 11.3 Å². The second kappa shape index (κ2) is 7.45. The normalized spacial score (nSPS) is 26.8. The minimum atomic E-state index is -5.08. The second-order valence-corrected chi connectivity index (χ2v) is 7.75. The third-order valence-corrected chi connectivity index (χ3v) is 5.71. The number of halogens is 3. The number of carboxylic acids is 1. The van der Waals surface area contributed by atoms with E-state index < -0.39 is 12.1 Å². The largest absolute Gasteiger partial charge is 0.490 e. The molecular weight excluding hydrogens is 357 g/mol. The molecule has 0 aromatic carbocycles. The molecule has 0 unspecified atom stereocenters. The van der Waals surface area contributed by atoms with Gasteiger partial charge in [-0.15, -0.1) is 10.2 Å². The second-order valence-electron chi connectivity index (χ2n) is 6.94. The van der Waals surface area contributed by atoms with Crippen molar-refractivity contribution in [2.75, 3.05) is 37.6 Å². The van der Waals surface area contributed by atoms with E-state index in [9.17, 15) is 13.2 Å². The number of anilines is 1. The molecule has 0 radical (unpaired) electrons. The van der Waals surface area contributed by atoms with Gasteiger partial charge in [0.2, 0.25) is 5.13 Å². The van der Waals surface area contributed by atoms with E-state index in [2.05, 4.69) is 20.0 Å². The predicted octanol–water partition coefficient (Wildman–Crippen LogP) is 2.34. The van der Waals surface area contributed by atoms with E-state index in [1.54, 1.807) is 11.3 Å². The van der Waals surface area contributed by atoms with Gasteiger partial charge < -0.3 is 14.9 Å². The van der Waals surface area contributed by atoms with Crippen LogP contribution in [-0.4, -0.2) is 65.1 Å². The smallest absolute Gasteiger partial charge is 0.475 e. The summed E-state index contributed by atoms with van der Waals surface area (Å²) in [5.74, 6) is 0.0282. The van der Waals surface area contributed by atoms with Crippen LogP contribution in [0.25, 0.3) is 0 Å². The Morgan fingerprint density at radius 2 is 1.92 bits per heavy atom. The first-order valence-electron chi connectivity index (χ1n) is 8.36. The first kappa shape index (κ1) is 18.4. The zero-order chi connectivity index (χ0) is 18.0. The Bertz CT molecular complexity index is 580. The summed E-state index contributed by atoms with van der Waals surface area (Å²) in [6, 6.07) is 0. The number of hydrogen-bond donors (Lipinski definition) is 1. The summed E-state index contributed by atoms with van der Waals surface area (Å²) in [6.07, 6.45) is -0.754. The summed E-state index contributed by atoms with van der Waals surface area (Å²) >= 11 is 1.68. The molecule has 3 fully saturated rings. The molecule has 2 aliphatic heterocycles. The number of hydrogen-bond acceptors (Lipinski definition) is 6. The zero-order valence-corrected chi connectivity index (χ0v) is 14.5. The lowest BCUT2D eigenvalue weighted by molar-refractivity contribution is -0.192. The van der Waals surface area contributed by atoms with Crippen molar-refractivity contribution < 1.29 is 23.1 Å². The molecule has 1 aliphatic carbocycles. The Kier molecular flexibility index (Phi) is 5.47. The summed E-state index contributed by atoms with van der Waals surface area (Å²) in [7, 11) is 0. The van der Waals surface area contributed by atoms with Gasteiger partial charge in [0.15, 0.2) is 0 Å².